The van der Waals surface area contributed by atoms with Gasteiger partial charge in [0, 0.05) is 32.6 Å². The van der Waals surface area contributed by atoms with Gasteiger partial charge < -0.3 is 20.5 Å². The molecule has 1 atom stereocenters. The zero-order valence-electron chi connectivity index (χ0n) is 12.0. The summed E-state index contributed by atoms with van der Waals surface area (Å²) in [6.07, 6.45) is 0.809. The predicted molar refractivity (Wildman–Crippen MR) is 78.2 cm³/mol. The van der Waals surface area contributed by atoms with Crippen molar-refractivity contribution in [1.82, 2.24) is 10.2 Å². The van der Waals surface area contributed by atoms with Gasteiger partial charge in [0.2, 0.25) is 0 Å². The van der Waals surface area contributed by atoms with Crippen molar-refractivity contribution in [3.8, 4) is 11.5 Å². The van der Waals surface area contributed by atoms with E-state index in [-0.39, 0.29) is 5.66 Å². The van der Waals surface area contributed by atoms with Crippen LogP contribution >= 0.6 is 0 Å². The van der Waals surface area contributed by atoms with E-state index in [9.17, 15) is 0 Å². The Bertz CT molecular complexity index is 470. The minimum Gasteiger partial charge on any atom is -0.486 e. The largest absolute Gasteiger partial charge is 0.486 e. The van der Waals surface area contributed by atoms with E-state index in [0.717, 1.165) is 44.1 Å². The van der Waals surface area contributed by atoms with Crippen LogP contribution in [0.4, 0.5) is 0 Å². The molecule has 0 amide bonds. The van der Waals surface area contributed by atoms with Gasteiger partial charge in [0.15, 0.2) is 11.5 Å². The quantitative estimate of drug-likeness (QED) is 0.846. The third kappa shape index (κ3) is 2.90. The van der Waals surface area contributed by atoms with Gasteiger partial charge in [0.1, 0.15) is 13.2 Å². The fourth-order valence-corrected chi connectivity index (χ4v) is 2.90. The molecule has 3 N–H and O–H groups in total. The molecule has 0 saturated carbocycles. The molecule has 1 fully saturated rings. The average molecular weight is 277 g/mol. The molecular weight excluding hydrogens is 254 g/mol. The van der Waals surface area contributed by atoms with Crippen molar-refractivity contribution in [2.75, 3.05) is 39.4 Å². The van der Waals surface area contributed by atoms with Crippen LogP contribution in [-0.4, -0.2) is 50.0 Å². The topological polar surface area (TPSA) is 59.8 Å². The van der Waals surface area contributed by atoms with Crippen molar-refractivity contribution in [3.05, 3.63) is 23.8 Å². The maximum absolute atomic E-state index is 6.53. The van der Waals surface area contributed by atoms with Gasteiger partial charge in [-0.1, -0.05) is 6.07 Å². The summed E-state index contributed by atoms with van der Waals surface area (Å²) in [6.45, 7) is 7.36. The number of hydrogen-bond donors (Lipinski definition) is 2. The molecule has 2 aliphatic rings. The minimum atomic E-state index is -0.328. The molecular formula is C15H23N3O2. The molecule has 0 bridgehead atoms. The molecule has 1 unspecified atom stereocenters. The third-order valence-electron chi connectivity index (χ3n) is 4.01. The van der Waals surface area contributed by atoms with Gasteiger partial charge in [-0.3, -0.25) is 4.90 Å². The first-order valence-electron chi connectivity index (χ1n) is 7.28. The normalized spacial score (nSPS) is 22.3. The summed E-state index contributed by atoms with van der Waals surface area (Å²) in [4.78, 5) is 2.35. The summed E-state index contributed by atoms with van der Waals surface area (Å²) in [5, 5.41) is 3.36. The molecule has 0 aliphatic carbocycles. The average Bonchev–Trinajstić information content (AvgIpc) is 2.48. The van der Waals surface area contributed by atoms with Gasteiger partial charge >= 0.3 is 0 Å². The van der Waals surface area contributed by atoms with Gasteiger partial charge in [0.05, 0.1) is 5.66 Å². The van der Waals surface area contributed by atoms with Gasteiger partial charge in [-0.25, -0.2) is 0 Å². The van der Waals surface area contributed by atoms with Crippen LogP contribution in [0, 0.1) is 0 Å². The number of nitrogens with two attached hydrogens (primary N) is 1. The van der Waals surface area contributed by atoms with Crippen molar-refractivity contribution in [1.29, 1.82) is 0 Å². The minimum absolute atomic E-state index is 0.328. The summed E-state index contributed by atoms with van der Waals surface area (Å²) in [6, 6.07) is 6.13. The number of nitrogens with zero attached hydrogens (tertiary/aromatic N) is 1. The van der Waals surface area contributed by atoms with E-state index >= 15 is 0 Å². The van der Waals surface area contributed by atoms with Gasteiger partial charge in [-0.15, -0.1) is 0 Å². The summed E-state index contributed by atoms with van der Waals surface area (Å²) >= 11 is 0. The highest BCUT2D eigenvalue weighted by molar-refractivity contribution is 5.44. The number of ether oxygens (including phenoxy) is 2. The Morgan fingerprint density at radius 2 is 1.90 bits per heavy atom. The van der Waals surface area contributed by atoms with Crippen LogP contribution in [0.2, 0.25) is 0 Å². The van der Waals surface area contributed by atoms with Crippen LogP contribution in [0.5, 0.6) is 11.5 Å². The molecule has 0 aromatic heterocycles. The van der Waals surface area contributed by atoms with Crippen LogP contribution in [-0.2, 0) is 6.42 Å². The summed E-state index contributed by atoms with van der Waals surface area (Å²) < 4.78 is 11.2. The van der Waals surface area contributed by atoms with Crippen LogP contribution in [0.3, 0.4) is 0 Å². The number of benzene rings is 1. The first-order valence-corrected chi connectivity index (χ1v) is 7.28. The highest BCUT2D eigenvalue weighted by Gasteiger charge is 2.29. The lowest BCUT2D eigenvalue weighted by Gasteiger charge is -2.41. The highest BCUT2D eigenvalue weighted by atomic mass is 16.6. The lowest BCUT2D eigenvalue weighted by atomic mass is 9.99. The van der Waals surface area contributed by atoms with Gasteiger partial charge in [-0.05, 0) is 24.6 Å². The molecule has 2 heterocycles. The van der Waals surface area contributed by atoms with E-state index in [4.69, 9.17) is 15.2 Å². The van der Waals surface area contributed by atoms with Crippen LogP contribution in [0.25, 0.3) is 0 Å². The van der Waals surface area contributed by atoms with Crippen molar-refractivity contribution < 1.29 is 9.47 Å². The molecule has 110 valence electrons. The Balaban J connectivity index is 1.72. The second-order valence-electron chi connectivity index (χ2n) is 5.75. The fraction of sp³-hybridized carbons (Fsp3) is 0.600. The number of hydrogen-bond acceptors (Lipinski definition) is 5. The Morgan fingerprint density at radius 3 is 2.65 bits per heavy atom. The predicted octanol–water partition coefficient (Wildman–Crippen LogP) is 0.580. The van der Waals surface area contributed by atoms with E-state index in [2.05, 4.69) is 29.3 Å². The van der Waals surface area contributed by atoms with E-state index in [1.165, 1.54) is 5.56 Å². The zero-order valence-corrected chi connectivity index (χ0v) is 12.0. The Labute approximate surface area is 120 Å². The number of piperazine rings is 1. The van der Waals surface area contributed by atoms with Crippen LogP contribution < -0.4 is 20.5 Å². The summed E-state index contributed by atoms with van der Waals surface area (Å²) in [7, 11) is 0. The van der Waals surface area contributed by atoms with E-state index in [1.807, 2.05) is 6.07 Å². The third-order valence-corrected chi connectivity index (χ3v) is 4.01. The zero-order chi connectivity index (χ0) is 14.0. The second kappa shape index (κ2) is 5.60. The SMILES string of the molecule is CC(N)(Cc1ccc2c(c1)OCCO2)N1CCNCC1. The molecule has 0 radical (unpaired) electrons. The molecule has 5 nitrogen and oxygen atoms in total. The molecule has 20 heavy (non-hydrogen) atoms. The Morgan fingerprint density at radius 1 is 1.20 bits per heavy atom. The van der Waals surface area contributed by atoms with Gasteiger partial charge in [-0.2, -0.15) is 0 Å². The van der Waals surface area contributed by atoms with Crippen LogP contribution in [0.15, 0.2) is 18.2 Å². The van der Waals surface area contributed by atoms with Crippen molar-refractivity contribution >= 4 is 0 Å². The van der Waals surface area contributed by atoms with E-state index in [1.54, 1.807) is 0 Å². The molecule has 1 saturated heterocycles. The number of fused-ring (bicyclic) bond motifs is 1. The lowest BCUT2D eigenvalue weighted by Crippen LogP contribution is -2.60. The number of rotatable bonds is 3. The van der Waals surface area contributed by atoms with Crippen LogP contribution in [0.1, 0.15) is 12.5 Å². The lowest BCUT2D eigenvalue weighted by molar-refractivity contribution is 0.0930. The molecule has 5 heteroatoms. The van der Waals surface area contributed by atoms with E-state index < -0.39 is 0 Å². The maximum Gasteiger partial charge on any atom is 0.161 e. The first kappa shape index (κ1) is 13.7. The second-order valence-corrected chi connectivity index (χ2v) is 5.75. The summed E-state index contributed by atoms with van der Waals surface area (Å²) in [5.41, 5.74) is 7.39. The molecule has 1 aromatic carbocycles. The van der Waals surface area contributed by atoms with Crippen molar-refractivity contribution in [2.24, 2.45) is 5.73 Å². The number of nitrogens with one attached hydrogen (secondary N) is 1. The van der Waals surface area contributed by atoms with Crippen molar-refractivity contribution in [3.63, 3.8) is 0 Å². The Hall–Kier alpha value is -1.30. The monoisotopic (exact) mass is 277 g/mol. The summed E-state index contributed by atoms with van der Waals surface area (Å²) in [5.74, 6) is 1.67. The molecule has 3 rings (SSSR count). The highest BCUT2D eigenvalue weighted by Crippen LogP contribution is 2.32. The first-order chi connectivity index (χ1) is 9.65. The molecule has 2 aliphatic heterocycles. The smallest absolute Gasteiger partial charge is 0.161 e. The standard InChI is InChI=1S/C15H23N3O2/c1-15(16,18-6-4-17-5-7-18)11-12-2-3-13-14(10-12)20-9-8-19-13/h2-3,10,17H,4-9,11,16H2,1H3. The Kier molecular flexibility index (Phi) is 3.83. The molecule has 0 spiro atoms. The fourth-order valence-electron chi connectivity index (χ4n) is 2.90. The van der Waals surface area contributed by atoms with E-state index in [0.29, 0.717) is 13.2 Å². The molecule has 1 aromatic rings. The maximum atomic E-state index is 6.53. The van der Waals surface area contributed by atoms with Gasteiger partial charge in [0.25, 0.3) is 0 Å². The van der Waals surface area contributed by atoms with Crippen molar-refractivity contribution in [2.45, 2.75) is 19.0 Å².